The predicted molar refractivity (Wildman–Crippen MR) is 123 cm³/mol. The maximum absolute atomic E-state index is 13.2. The van der Waals surface area contributed by atoms with Crippen molar-refractivity contribution in [3.63, 3.8) is 0 Å². The summed E-state index contributed by atoms with van der Waals surface area (Å²) in [5.74, 6) is 0.118. The second kappa shape index (κ2) is 8.08. The third-order valence-electron chi connectivity index (χ3n) is 6.77. The number of anilines is 2. The lowest BCUT2D eigenvalue weighted by Crippen LogP contribution is -2.56. The summed E-state index contributed by atoms with van der Waals surface area (Å²) in [4.78, 5) is 34.5. The van der Waals surface area contributed by atoms with Gasteiger partial charge in [0, 0.05) is 56.0 Å². The molecule has 0 spiro atoms. The van der Waals surface area contributed by atoms with E-state index in [1.165, 1.54) is 0 Å². The normalized spacial score (nSPS) is 21.1. The average Bonchev–Trinajstić information content (AvgIpc) is 2.82. The minimum absolute atomic E-state index is 0.0282. The summed E-state index contributed by atoms with van der Waals surface area (Å²) in [5.41, 5.74) is 3.31. The van der Waals surface area contributed by atoms with Crippen molar-refractivity contribution in [2.75, 3.05) is 49.6 Å². The SMILES string of the molecule is CN1c2cc(C(=O)N3CCN(c4cccc(Cl)c4)CC3)ccc2C(=O)N2CCCC[C@H]21. The number of hydrogen-bond acceptors (Lipinski definition) is 4. The highest BCUT2D eigenvalue weighted by Crippen LogP contribution is 2.35. The van der Waals surface area contributed by atoms with Gasteiger partial charge in [-0.15, -0.1) is 0 Å². The molecule has 0 bridgehead atoms. The summed E-state index contributed by atoms with van der Waals surface area (Å²) in [6.45, 7) is 3.67. The molecule has 7 heteroatoms. The van der Waals surface area contributed by atoms with Crippen LogP contribution in [-0.2, 0) is 0 Å². The fourth-order valence-electron chi connectivity index (χ4n) is 5.03. The van der Waals surface area contributed by atoms with Crippen molar-refractivity contribution >= 4 is 34.8 Å². The van der Waals surface area contributed by atoms with Crippen LogP contribution in [0.15, 0.2) is 42.5 Å². The van der Waals surface area contributed by atoms with E-state index in [4.69, 9.17) is 11.6 Å². The first-order valence-electron chi connectivity index (χ1n) is 11.0. The summed E-state index contributed by atoms with van der Waals surface area (Å²) < 4.78 is 0. The second-order valence-corrected chi connectivity index (χ2v) is 9.01. The van der Waals surface area contributed by atoms with Gasteiger partial charge >= 0.3 is 0 Å². The Morgan fingerprint density at radius 2 is 1.81 bits per heavy atom. The number of carbonyl (C=O) groups excluding carboxylic acids is 2. The van der Waals surface area contributed by atoms with Gasteiger partial charge in [-0.05, 0) is 55.7 Å². The highest BCUT2D eigenvalue weighted by Gasteiger charge is 2.37. The molecule has 2 fully saturated rings. The number of halogens is 1. The topological polar surface area (TPSA) is 47.1 Å². The van der Waals surface area contributed by atoms with Gasteiger partial charge in [0.25, 0.3) is 11.8 Å². The van der Waals surface area contributed by atoms with Crippen LogP contribution in [0.1, 0.15) is 40.0 Å². The molecule has 3 aliphatic rings. The number of amides is 2. The van der Waals surface area contributed by atoms with Gasteiger partial charge in [0.2, 0.25) is 0 Å². The molecule has 0 aromatic heterocycles. The number of piperidine rings is 1. The van der Waals surface area contributed by atoms with Crippen LogP contribution in [0.5, 0.6) is 0 Å². The van der Waals surface area contributed by atoms with Crippen molar-refractivity contribution in [1.29, 1.82) is 0 Å². The van der Waals surface area contributed by atoms with E-state index in [-0.39, 0.29) is 18.0 Å². The third-order valence-corrected chi connectivity index (χ3v) is 7.01. The van der Waals surface area contributed by atoms with E-state index in [2.05, 4.69) is 9.80 Å². The molecule has 2 saturated heterocycles. The Morgan fingerprint density at radius 1 is 1.00 bits per heavy atom. The van der Waals surface area contributed by atoms with Crippen LogP contribution < -0.4 is 9.80 Å². The largest absolute Gasteiger partial charge is 0.368 e. The summed E-state index contributed by atoms with van der Waals surface area (Å²) in [6.07, 6.45) is 3.26. The molecule has 0 aliphatic carbocycles. The van der Waals surface area contributed by atoms with Crippen LogP contribution >= 0.6 is 11.6 Å². The molecule has 2 amide bonds. The third kappa shape index (κ3) is 3.63. The highest BCUT2D eigenvalue weighted by atomic mass is 35.5. The van der Waals surface area contributed by atoms with Gasteiger partial charge in [-0.1, -0.05) is 17.7 Å². The Kier molecular flexibility index (Phi) is 5.26. The van der Waals surface area contributed by atoms with Crippen molar-refractivity contribution in [2.24, 2.45) is 0 Å². The summed E-state index contributed by atoms with van der Waals surface area (Å²) in [7, 11) is 2.03. The lowest BCUT2D eigenvalue weighted by atomic mass is 9.97. The van der Waals surface area contributed by atoms with Crippen molar-refractivity contribution in [2.45, 2.75) is 25.4 Å². The molecule has 0 saturated carbocycles. The number of nitrogens with zero attached hydrogens (tertiary/aromatic N) is 4. The molecule has 0 radical (unpaired) electrons. The van der Waals surface area contributed by atoms with Crippen LogP contribution in [0.3, 0.4) is 0 Å². The Labute approximate surface area is 188 Å². The minimum Gasteiger partial charge on any atom is -0.368 e. The van der Waals surface area contributed by atoms with Crippen molar-refractivity contribution in [1.82, 2.24) is 9.80 Å². The fourth-order valence-corrected chi connectivity index (χ4v) is 5.21. The highest BCUT2D eigenvalue weighted by molar-refractivity contribution is 6.30. The quantitative estimate of drug-likeness (QED) is 0.717. The molecule has 31 heavy (non-hydrogen) atoms. The molecule has 162 valence electrons. The van der Waals surface area contributed by atoms with Crippen molar-refractivity contribution in [3.8, 4) is 0 Å². The Morgan fingerprint density at radius 3 is 2.58 bits per heavy atom. The van der Waals surface area contributed by atoms with Gasteiger partial charge in [0.15, 0.2) is 0 Å². The van der Waals surface area contributed by atoms with E-state index < -0.39 is 0 Å². The Bertz CT molecular complexity index is 1020. The van der Waals surface area contributed by atoms with Crippen molar-refractivity contribution in [3.05, 3.63) is 58.6 Å². The smallest absolute Gasteiger partial charge is 0.257 e. The molecule has 2 aromatic rings. The van der Waals surface area contributed by atoms with Crippen LogP contribution in [-0.4, -0.2) is 67.6 Å². The van der Waals surface area contributed by atoms with Gasteiger partial charge in [0.1, 0.15) is 6.17 Å². The van der Waals surface area contributed by atoms with Gasteiger partial charge in [0.05, 0.1) is 11.3 Å². The molecule has 6 nitrogen and oxygen atoms in total. The summed E-state index contributed by atoms with van der Waals surface area (Å²) in [6, 6.07) is 13.4. The first-order chi connectivity index (χ1) is 15.0. The van der Waals surface area contributed by atoms with Gasteiger partial charge in [-0.2, -0.15) is 0 Å². The molecule has 0 unspecified atom stereocenters. The standard InChI is InChI=1S/C24H27ClN4O2/c1-26-21-15-17(8-9-20(21)24(31)29-10-3-2-7-22(26)29)23(30)28-13-11-27(12-14-28)19-6-4-5-18(25)16-19/h4-6,8-9,15-16,22H,2-3,7,10-14H2,1H3/t22-/m0/s1. The molecule has 3 heterocycles. The maximum atomic E-state index is 13.2. The van der Waals surface area contributed by atoms with Crippen molar-refractivity contribution < 1.29 is 9.59 Å². The first-order valence-corrected chi connectivity index (χ1v) is 11.4. The second-order valence-electron chi connectivity index (χ2n) is 8.58. The maximum Gasteiger partial charge on any atom is 0.257 e. The van der Waals surface area contributed by atoms with Crippen LogP contribution in [0.4, 0.5) is 11.4 Å². The van der Waals surface area contributed by atoms with E-state index in [0.717, 1.165) is 55.3 Å². The summed E-state index contributed by atoms with van der Waals surface area (Å²) in [5, 5.41) is 0.722. The molecule has 3 aliphatic heterocycles. The average molecular weight is 439 g/mol. The molecule has 1 atom stereocenters. The lowest BCUT2D eigenvalue weighted by Gasteiger charge is -2.46. The number of hydrogen-bond donors (Lipinski definition) is 0. The van der Waals surface area contributed by atoms with Gasteiger partial charge in [-0.25, -0.2) is 0 Å². The minimum atomic E-state index is 0.0282. The van der Waals surface area contributed by atoms with Gasteiger partial charge < -0.3 is 19.6 Å². The van der Waals surface area contributed by atoms with E-state index in [9.17, 15) is 9.59 Å². The van der Waals surface area contributed by atoms with Gasteiger partial charge in [-0.3, -0.25) is 9.59 Å². The fraction of sp³-hybridized carbons (Fsp3) is 0.417. The zero-order valence-corrected chi connectivity index (χ0v) is 18.5. The zero-order valence-electron chi connectivity index (χ0n) is 17.8. The molecule has 5 rings (SSSR count). The number of carbonyl (C=O) groups is 2. The first kappa shape index (κ1) is 20.2. The van der Waals surface area contributed by atoms with E-state index in [1.54, 1.807) is 6.07 Å². The summed E-state index contributed by atoms with van der Waals surface area (Å²) >= 11 is 6.12. The predicted octanol–water partition coefficient (Wildman–Crippen LogP) is 3.70. The van der Waals surface area contributed by atoms with E-state index in [0.29, 0.717) is 24.2 Å². The lowest BCUT2D eigenvalue weighted by molar-refractivity contribution is 0.0588. The Hall–Kier alpha value is -2.73. The van der Waals surface area contributed by atoms with Crippen LogP contribution in [0.25, 0.3) is 0 Å². The molecule has 2 aromatic carbocycles. The number of piperazine rings is 1. The molecule has 0 N–H and O–H groups in total. The van der Waals surface area contributed by atoms with Crippen LogP contribution in [0, 0.1) is 0 Å². The van der Waals surface area contributed by atoms with Crippen LogP contribution in [0.2, 0.25) is 5.02 Å². The molecular formula is C24H27ClN4O2. The monoisotopic (exact) mass is 438 g/mol. The number of fused-ring (bicyclic) bond motifs is 2. The molecular weight excluding hydrogens is 412 g/mol. The van der Waals surface area contributed by atoms with E-state index in [1.807, 2.05) is 53.2 Å². The number of benzene rings is 2. The zero-order chi connectivity index (χ0) is 21.5. The van der Waals surface area contributed by atoms with E-state index >= 15 is 0 Å². The number of rotatable bonds is 2. The Balaban J connectivity index is 1.32.